The summed E-state index contributed by atoms with van der Waals surface area (Å²) >= 11 is 1.51. The number of hydrogen-bond donors (Lipinski definition) is 1. The first-order valence-corrected chi connectivity index (χ1v) is 9.29. The Hall–Kier alpha value is -2.62. The van der Waals surface area contributed by atoms with Crippen LogP contribution in [-0.2, 0) is 15.1 Å². The van der Waals surface area contributed by atoms with E-state index >= 15 is 0 Å². The molecule has 0 saturated carbocycles. The summed E-state index contributed by atoms with van der Waals surface area (Å²) in [5, 5.41) is 5.29. The van der Waals surface area contributed by atoms with E-state index in [1.807, 2.05) is 18.4 Å². The van der Waals surface area contributed by atoms with Gasteiger partial charge in [0.1, 0.15) is 17.2 Å². The van der Waals surface area contributed by atoms with Crippen LogP contribution in [0.3, 0.4) is 0 Å². The standard InChI is InChI=1S/C21H21FN2O2S/c1-6-7-15-10-14(8-9-17(15)22)16-11-18(27-12-16)21(3)19(26-5)20(25)24(4)13(2)23-21/h8-12,19,23H,2H2,1,3-5H3. The number of thiophene rings is 1. The van der Waals surface area contributed by atoms with E-state index in [-0.39, 0.29) is 11.7 Å². The summed E-state index contributed by atoms with van der Waals surface area (Å²) < 4.78 is 19.4. The molecule has 1 amide bonds. The van der Waals surface area contributed by atoms with E-state index in [0.717, 1.165) is 16.0 Å². The van der Waals surface area contributed by atoms with Gasteiger partial charge in [0, 0.05) is 19.0 Å². The number of benzene rings is 1. The molecule has 2 aromatic rings. The number of nitrogens with zero attached hydrogens (tertiary/aromatic N) is 1. The fraction of sp³-hybridized carbons (Fsp3) is 0.286. The lowest BCUT2D eigenvalue weighted by Gasteiger charge is -2.44. The van der Waals surface area contributed by atoms with Gasteiger partial charge >= 0.3 is 0 Å². The van der Waals surface area contributed by atoms with Crippen molar-refractivity contribution in [2.45, 2.75) is 25.5 Å². The molecule has 0 radical (unpaired) electrons. The van der Waals surface area contributed by atoms with E-state index in [2.05, 4.69) is 23.7 Å². The molecule has 1 aromatic carbocycles. The summed E-state index contributed by atoms with van der Waals surface area (Å²) in [6.07, 6.45) is -0.686. The van der Waals surface area contributed by atoms with Crippen LogP contribution in [0.15, 0.2) is 42.0 Å². The zero-order chi connectivity index (χ0) is 19.8. The van der Waals surface area contributed by atoms with Crippen molar-refractivity contribution >= 4 is 17.2 Å². The van der Waals surface area contributed by atoms with Crippen LogP contribution >= 0.6 is 11.3 Å². The van der Waals surface area contributed by atoms with Gasteiger partial charge in [-0.1, -0.05) is 18.6 Å². The average molecular weight is 384 g/mol. The van der Waals surface area contributed by atoms with E-state index in [4.69, 9.17) is 4.74 Å². The van der Waals surface area contributed by atoms with Gasteiger partial charge in [-0.3, -0.25) is 9.69 Å². The van der Waals surface area contributed by atoms with E-state index in [0.29, 0.717) is 11.4 Å². The summed E-state index contributed by atoms with van der Waals surface area (Å²) in [6.45, 7) is 7.53. The Morgan fingerprint density at radius 1 is 1.37 bits per heavy atom. The van der Waals surface area contributed by atoms with E-state index < -0.39 is 11.6 Å². The predicted octanol–water partition coefficient (Wildman–Crippen LogP) is 3.69. The highest BCUT2D eigenvalue weighted by atomic mass is 32.1. The molecule has 2 unspecified atom stereocenters. The molecule has 3 rings (SSSR count). The summed E-state index contributed by atoms with van der Waals surface area (Å²) in [7, 11) is 3.19. The highest BCUT2D eigenvalue weighted by Crippen LogP contribution is 2.39. The number of hydrogen-bond acceptors (Lipinski definition) is 4. The first kappa shape index (κ1) is 19.2. The maximum Gasteiger partial charge on any atom is 0.259 e. The SMILES string of the molecule is C=C1NC(C)(c2cc(-c3ccc(F)c(C#CC)c3)cs2)C(OC)C(=O)N1C. The Bertz CT molecular complexity index is 972. The monoisotopic (exact) mass is 384 g/mol. The molecule has 1 fully saturated rings. The molecule has 0 spiro atoms. The molecule has 27 heavy (non-hydrogen) atoms. The van der Waals surface area contributed by atoms with Crippen LogP contribution in [0.25, 0.3) is 11.1 Å². The molecule has 1 aromatic heterocycles. The lowest BCUT2D eigenvalue weighted by molar-refractivity contribution is -0.148. The number of carbonyl (C=O) groups is 1. The molecule has 4 nitrogen and oxygen atoms in total. The van der Waals surface area contributed by atoms with E-state index in [1.54, 1.807) is 26.1 Å². The lowest BCUT2D eigenvalue weighted by atomic mass is 9.88. The smallest absolute Gasteiger partial charge is 0.259 e. The van der Waals surface area contributed by atoms with E-state index in [9.17, 15) is 9.18 Å². The second kappa shape index (κ2) is 7.18. The molecule has 2 heterocycles. The minimum Gasteiger partial charge on any atom is -0.369 e. The highest BCUT2D eigenvalue weighted by molar-refractivity contribution is 7.10. The number of likely N-dealkylation sites (N-methyl/N-ethyl adjacent to an activating group) is 1. The fourth-order valence-corrected chi connectivity index (χ4v) is 4.28. The van der Waals surface area contributed by atoms with Crippen molar-refractivity contribution in [1.82, 2.24) is 10.2 Å². The van der Waals surface area contributed by atoms with Crippen molar-refractivity contribution in [3.05, 3.63) is 58.3 Å². The van der Waals surface area contributed by atoms with E-state index in [1.165, 1.54) is 29.4 Å². The Morgan fingerprint density at radius 2 is 2.11 bits per heavy atom. The first-order chi connectivity index (χ1) is 12.8. The molecular formula is C21H21FN2O2S. The number of methoxy groups -OCH3 is 1. The van der Waals surface area contributed by atoms with Gasteiger partial charge < -0.3 is 10.1 Å². The molecular weight excluding hydrogens is 363 g/mol. The molecule has 2 atom stereocenters. The third-order valence-electron chi connectivity index (χ3n) is 4.79. The Morgan fingerprint density at radius 3 is 2.78 bits per heavy atom. The molecule has 140 valence electrons. The summed E-state index contributed by atoms with van der Waals surface area (Å²) in [6, 6.07) is 6.88. The van der Waals surface area contributed by atoms with Crippen LogP contribution in [0, 0.1) is 17.7 Å². The maximum absolute atomic E-state index is 13.9. The zero-order valence-electron chi connectivity index (χ0n) is 15.7. The molecule has 6 heteroatoms. The second-order valence-electron chi connectivity index (χ2n) is 6.56. The quantitative estimate of drug-likeness (QED) is 0.821. The van der Waals surface area contributed by atoms with Crippen LogP contribution < -0.4 is 5.32 Å². The van der Waals surface area contributed by atoms with Crippen molar-refractivity contribution in [3.8, 4) is 23.0 Å². The third-order valence-corrected chi connectivity index (χ3v) is 5.96. The molecule has 1 N–H and O–H groups in total. The van der Waals surface area contributed by atoms with Crippen molar-refractivity contribution in [2.75, 3.05) is 14.2 Å². The first-order valence-electron chi connectivity index (χ1n) is 8.41. The number of ether oxygens (including phenoxy) is 1. The fourth-order valence-electron chi connectivity index (χ4n) is 3.23. The second-order valence-corrected chi connectivity index (χ2v) is 7.47. The molecule has 1 aliphatic heterocycles. The topological polar surface area (TPSA) is 41.6 Å². The van der Waals surface area contributed by atoms with Gasteiger partial charge in [0.15, 0.2) is 6.10 Å². The molecule has 0 bridgehead atoms. The number of nitrogens with one attached hydrogen (secondary N) is 1. The largest absolute Gasteiger partial charge is 0.369 e. The van der Waals surface area contributed by atoms with Crippen LogP contribution in [0.4, 0.5) is 4.39 Å². The average Bonchev–Trinajstić information content (AvgIpc) is 3.13. The number of carbonyl (C=O) groups excluding carboxylic acids is 1. The van der Waals surface area contributed by atoms with Gasteiger partial charge in [-0.15, -0.1) is 17.3 Å². The van der Waals surface area contributed by atoms with Gasteiger partial charge in [0.05, 0.1) is 5.56 Å². The summed E-state index contributed by atoms with van der Waals surface area (Å²) in [5.41, 5.74) is 1.42. The minimum absolute atomic E-state index is 0.152. The van der Waals surface area contributed by atoms with Crippen LogP contribution in [0.1, 0.15) is 24.3 Å². The molecule has 1 saturated heterocycles. The Kier molecular flexibility index (Phi) is 5.09. The Balaban J connectivity index is 2.02. The van der Waals surface area contributed by atoms with Gasteiger partial charge in [-0.05, 0) is 48.6 Å². The minimum atomic E-state index is -0.746. The Labute approximate surface area is 162 Å². The van der Waals surface area contributed by atoms with Crippen molar-refractivity contribution in [3.63, 3.8) is 0 Å². The summed E-state index contributed by atoms with van der Waals surface area (Å²) in [5.74, 6) is 5.54. The number of amides is 1. The normalized spacial score (nSPS) is 22.3. The molecule has 1 aliphatic rings. The van der Waals surface area contributed by atoms with Crippen molar-refractivity contribution in [1.29, 1.82) is 0 Å². The van der Waals surface area contributed by atoms with Gasteiger partial charge in [-0.25, -0.2) is 4.39 Å². The van der Waals surface area contributed by atoms with Crippen molar-refractivity contribution < 1.29 is 13.9 Å². The predicted molar refractivity (Wildman–Crippen MR) is 105 cm³/mol. The third kappa shape index (κ3) is 3.25. The van der Waals surface area contributed by atoms with Gasteiger partial charge in [-0.2, -0.15) is 0 Å². The van der Waals surface area contributed by atoms with Crippen LogP contribution in [0.5, 0.6) is 0 Å². The van der Waals surface area contributed by atoms with Crippen LogP contribution in [-0.4, -0.2) is 31.1 Å². The van der Waals surface area contributed by atoms with Gasteiger partial charge in [0.2, 0.25) is 0 Å². The maximum atomic E-state index is 13.9. The summed E-state index contributed by atoms with van der Waals surface area (Å²) in [4.78, 5) is 15.0. The van der Waals surface area contributed by atoms with Crippen molar-refractivity contribution in [2.24, 2.45) is 0 Å². The van der Waals surface area contributed by atoms with Gasteiger partial charge in [0.25, 0.3) is 5.91 Å². The number of rotatable bonds is 3. The van der Waals surface area contributed by atoms with Crippen LogP contribution in [0.2, 0.25) is 0 Å². The highest BCUT2D eigenvalue weighted by Gasteiger charge is 2.48. The zero-order valence-corrected chi connectivity index (χ0v) is 16.5. The lowest BCUT2D eigenvalue weighted by Crippen LogP contribution is -2.62. The number of halogens is 1. The molecule has 0 aliphatic carbocycles.